The molecule has 0 spiro atoms. The molecule has 0 unspecified atom stereocenters. The third kappa shape index (κ3) is 3.05. The Morgan fingerprint density at radius 3 is 2.82 bits per heavy atom. The molecular formula is C12H17Cl2N3. The zero-order valence-corrected chi connectivity index (χ0v) is 11.4. The maximum Gasteiger partial charge on any atom is 0.203 e. The van der Waals surface area contributed by atoms with Crippen molar-refractivity contribution in [2.75, 3.05) is 17.7 Å². The van der Waals surface area contributed by atoms with E-state index in [2.05, 4.69) is 27.9 Å². The van der Waals surface area contributed by atoms with Crippen molar-refractivity contribution in [3.05, 3.63) is 24.3 Å². The maximum absolute atomic E-state index is 5.68. The lowest BCUT2D eigenvalue weighted by atomic mass is 10.3. The van der Waals surface area contributed by atoms with Gasteiger partial charge in [0.2, 0.25) is 5.95 Å². The van der Waals surface area contributed by atoms with Crippen LogP contribution in [-0.4, -0.2) is 22.0 Å². The van der Waals surface area contributed by atoms with E-state index in [1.165, 1.54) is 5.52 Å². The predicted molar refractivity (Wildman–Crippen MR) is 76.5 cm³/mol. The molecule has 17 heavy (non-hydrogen) atoms. The molecule has 1 aromatic carbocycles. The molecule has 0 aliphatic rings. The summed E-state index contributed by atoms with van der Waals surface area (Å²) in [4.78, 5) is 4.56. The molecule has 2 rings (SSSR count). The van der Waals surface area contributed by atoms with Crippen LogP contribution in [0.3, 0.4) is 0 Å². The SMILES string of the molecule is CCCn1c(NCCCl)nc2ccccc21.Cl. The Labute approximate surface area is 113 Å². The van der Waals surface area contributed by atoms with Crippen LogP contribution in [0.1, 0.15) is 13.3 Å². The number of nitrogens with zero attached hydrogens (tertiary/aromatic N) is 2. The molecule has 3 nitrogen and oxygen atoms in total. The van der Waals surface area contributed by atoms with E-state index in [-0.39, 0.29) is 12.4 Å². The van der Waals surface area contributed by atoms with Gasteiger partial charge in [0, 0.05) is 19.0 Å². The maximum atomic E-state index is 5.68. The first-order valence-electron chi connectivity index (χ1n) is 5.62. The van der Waals surface area contributed by atoms with Gasteiger partial charge in [-0.1, -0.05) is 19.1 Å². The number of anilines is 1. The number of aryl methyl sites for hydroxylation is 1. The highest BCUT2D eigenvalue weighted by Gasteiger charge is 2.08. The Morgan fingerprint density at radius 2 is 2.12 bits per heavy atom. The van der Waals surface area contributed by atoms with Gasteiger partial charge >= 0.3 is 0 Å². The highest BCUT2D eigenvalue weighted by molar-refractivity contribution is 6.18. The lowest BCUT2D eigenvalue weighted by molar-refractivity contribution is 0.701. The Kier molecular flexibility index (Phi) is 5.59. The number of para-hydroxylation sites is 2. The molecule has 0 aliphatic heterocycles. The summed E-state index contributed by atoms with van der Waals surface area (Å²) in [5, 5.41) is 3.26. The van der Waals surface area contributed by atoms with E-state index in [1.54, 1.807) is 0 Å². The summed E-state index contributed by atoms with van der Waals surface area (Å²) in [5.41, 5.74) is 2.22. The molecule has 2 aromatic rings. The molecule has 0 atom stereocenters. The van der Waals surface area contributed by atoms with Crippen LogP contribution in [0.15, 0.2) is 24.3 Å². The lowest BCUT2D eigenvalue weighted by Gasteiger charge is -2.08. The smallest absolute Gasteiger partial charge is 0.203 e. The van der Waals surface area contributed by atoms with E-state index in [9.17, 15) is 0 Å². The van der Waals surface area contributed by atoms with Crippen LogP contribution in [0.5, 0.6) is 0 Å². The van der Waals surface area contributed by atoms with Gasteiger partial charge in [0.15, 0.2) is 0 Å². The molecule has 0 fully saturated rings. The first-order valence-corrected chi connectivity index (χ1v) is 6.15. The number of aromatic nitrogens is 2. The molecule has 1 heterocycles. The number of fused-ring (bicyclic) bond motifs is 1. The van der Waals surface area contributed by atoms with E-state index in [0.29, 0.717) is 5.88 Å². The van der Waals surface area contributed by atoms with Crippen molar-refractivity contribution in [3.63, 3.8) is 0 Å². The number of benzene rings is 1. The molecular weight excluding hydrogens is 257 g/mol. The van der Waals surface area contributed by atoms with E-state index >= 15 is 0 Å². The monoisotopic (exact) mass is 273 g/mol. The van der Waals surface area contributed by atoms with Crippen LogP contribution in [0.25, 0.3) is 11.0 Å². The van der Waals surface area contributed by atoms with Crippen LogP contribution in [0, 0.1) is 0 Å². The number of hydrogen-bond donors (Lipinski definition) is 1. The first kappa shape index (κ1) is 14.1. The number of imidazole rings is 1. The van der Waals surface area contributed by atoms with Crippen molar-refractivity contribution in [2.24, 2.45) is 0 Å². The second-order valence-corrected chi connectivity index (χ2v) is 4.07. The summed E-state index contributed by atoms with van der Waals surface area (Å²) in [6.45, 7) is 3.89. The summed E-state index contributed by atoms with van der Waals surface area (Å²) < 4.78 is 2.21. The Bertz CT molecular complexity index is 468. The molecule has 94 valence electrons. The fourth-order valence-electron chi connectivity index (χ4n) is 1.82. The minimum Gasteiger partial charge on any atom is -0.354 e. The van der Waals surface area contributed by atoms with E-state index in [4.69, 9.17) is 11.6 Å². The van der Waals surface area contributed by atoms with Crippen molar-refractivity contribution in [2.45, 2.75) is 19.9 Å². The average molecular weight is 274 g/mol. The zero-order chi connectivity index (χ0) is 11.4. The second kappa shape index (κ2) is 6.72. The molecule has 0 radical (unpaired) electrons. The number of nitrogens with one attached hydrogen (secondary N) is 1. The molecule has 1 N–H and O–H groups in total. The van der Waals surface area contributed by atoms with Crippen LogP contribution >= 0.6 is 24.0 Å². The number of alkyl halides is 1. The minimum atomic E-state index is 0. The van der Waals surface area contributed by atoms with Crippen LogP contribution in [0.2, 0.25) is 0 Å². The lowest BCUT2D eigenvalue weighted by Crippen LogP contribution is -2.09. The summed E-state index contributed by atoms with van der Waals surface area (Å²) in [6, 6.07) is 8.19. The largest absolute Gasteiger partial charge is 0.354 e. The summed E-state index contributed by atoms with van der Waals surface area (Å²) in [7, 11) is 0. The van der Waals surface area contributed by atoms with Crippen molar-refractivity contribution in [1.82, 2.24) is 9.55 Å². The van der Waals surface area contributed by atoms with Gasteiger partial charge in [0.25, 0.3) is 0 Å². The average Bonchev–Trinajstić information content (AvgIpc) is 2.66. The Morgan fingerprint density at radius 1 is 1.35 bits per heavy atom. The van der Waals surface area contributed by atoms with E-state index < -0.39 is 0 Å². The topological polar surface area (TPSA) is 29.9 Å². The minimum absolute atomic E-state index is 0. The van der Waals surface area contributed by atoms with Crippen molar-refractivity contribution >= 4 is 41.0 Å². The van der Waals surface area contributed by atoms with Gasteiger partial charge < -0.3 is 9.88 Å². The Balaban J connectivity index is 0.00000144. The molecule has 0 bridgehead atoms. The second-order valence-electron chi connectivity index (χ2n) is 3.69. The van der Waals surface area contributed by atoms with Crippen molar-refractivity contribution in [3.8, 4) is 0 Å². The summed E-state index contributed by atoms with van der Waals surface area (Å²) in [5.74, 6) is 1.51. The Hall–Kier alpha value is -0.930. The number of hydrogen-bond acceptors (Lipinski definition) is 2. The molecule has 1 aromatic heterocycles. The van der Waals surface area contributed by atoms with Gasteiger partial charge in [-0.2, -0.15) is 0 Å². The molecule has 0 aliphatic carbocycles. The van der Waals surface area contributed by atoms with Gasteiger partial charge in [-0.25, -0.2) is 4.98 Å². The van der Waals surface area contributed by atoms with Gasteiger partial charge in [0.1, 0.15) is 0 Å². The predicted octanol–water partition coefficient (Wildman–Crippen LogP) is 3.52. The highest BCUT2D eigenvalue weighted by atomic mass is 35.5. The molecule has 0 saturated carbocycles. The van der Waals surface area contributed by atoms with Crippen molar-refractivity contribution in [1.29, 1.82) is 0 Å². The van der Waals surface area contributed by atoms with Crippen LogP contribution < -0.4 is 5.32 Å². The molecule has 5 heteroatoms. The van der Waals surface area contributed by atoms with Crippen molar-refractivity contribution < 1.29 is 0 Å². The fourth-order valence-corrected chi connectivity index (χ4v) is 1.91. The number of rotatable bonds is 5. The summed E-state index contributed by atoms with van der Waals surface area (Å²) in [6.07, 6.45) is 1.09. The first-order chi connectivity index (χ1) is 7.86. The third-order valence-electron chi connectivity index (χ3n) is 2.48. The zero-order valence-electron chi connectivity index (χ0n) is 9.82. The van der Waals surface area contributed by atoms with Gasteiger partial charge in [0.05, 0.1) is 11.0 Å². The van der Waals surface area contributed by atoms with Gasteiger partial charge in [-0.3, -0.25) is 0 Å². The fraction of sp³-hybridized carbons (Fsp3) is 0.417. The van der Waals surface area contributed by atoms with Crippen LogP contribution in [-0.2, 0) is 6.54 Å². The third-order valence-corrected chi connectivity index (χ3v) is 2.67. The van der Waals surface area contributed by atoms with E-state index in [1.807, 2.05) is 18.2 Å². The van der Waals surface area contributed by atoms with Crippen LogP contribution in [0.4, 0.5) is 5.95 Å². The highest BCUT2D eigenvalue weighted by Crippen LogP contribution is 2.19. The van der Waals surface area contributed by atoms with Gasteiger partial charge in [-0.15, -0.1) is 24.0 Å². The number of halogens is 2. The van der Waals surface area contributed by atoms with E-state index in [0.717, 1.165) is 31.0 Å². The van der Waals surface area contributed by atoms with Gasteiger partial charge in [-0.05, 0) is 18.6 Å². The normalized spacial score (nSPS) is 10.2. The standard InChI is InChI=1S/C12H16ClN3.ClH/c1-2-9-16-11-6-4-3-5-10(11)15-12(16)14-8-7-13;/h3-6H,2,7-9H2,1H3,(H,14,15);1H. The molecule has 0 saturated heterocycles. The quantitative estimate of drug-likeness (QED) is 0.845. The summed E-state index contributed by atoms with van der Waals surface area (Å²) >= 11 is 5.68. The molecule has 0 amide bonds.